The lowest BCUT2D eigenvalue weighted by molar-refractivity contribution is -0.384. The minimum atomic E-state index is -0.542. The highest BCUT2D eigenvalue weighted by Crippen LogP contribution is 2.39. The maximum absolute atomic E-state index is 11.2. The van der Waals surface area contributed by atoms with E-state index in [0.717, 1.165) is 25.7 Å². The van der Waals surface area contributed by atoms with E-state index in [-0.39, 0.29) is 22.3 Å². The Morgan fingerprint density at radius 1 is 1.48 bits per heavy atom. The monoisotopic (exact) mass is 332 g/mol. The molecule has 2 unspecified atom stereocenters. The van der Waals surface area contributed by atoms with E-state index in [1.807, 2.05) is 0 Å². The van der Waals surface area contributed by atoms with Crippen LogP contribution in [0.5, 0.6) is 0 Å². The van der Waals surface area contributed by atoms with E-state index in [1.165, 1.54) is 12.1 Å². The van der Waals surface area contributed by atoms with Gasteiger partial charge in [0.25, 0.3) is 5.69 Å². The fourth-order valence-electron chi connectivity index (χ4n) is 3.03. The molecule has 0 spiro atoms. The second kappa shape index (κ2) is 6.38. The first-order valence-electron chi connectivity index (χ1n) is 6.89. The standard InChI is InChI=1S/C14H18Cl2N2O3/c1-9-3-2-4-14(7-9,8-19)17-12-5-10(15)11(16)6-13(12)18(20)21/h5-6,9,17,19H,2-4,7-8H2,1H3. The van der Waals surface area contributed by atoms with Crippen molar-refractivity contribution < 1.29 is 10.0 Å². The molecule has 5 nitrogen and oxygen atoms in total. The molecule has 2 N–H and O–H groups in total. The Balaban J connectivity index is 2.37. The zero-order valence-electron chi connectivity index (χ0n) is 11.7. The summed E-state index contributed by atoms with van der Waals surface area (Å²) < 4.78 is 0. The number of nitrogens with one attached hydrogen (secondary N) is 1. The minimum absolute atomic E-state index is 0.0747. The molecule has 7 heteroatoms. The Bertz CT molecular complexity index is 553. The number of nitro benzene ring substituents is 1. The molecule has 1 aliphatic carbocycles. The number of nitro groups is 1. The zero-order chi connectivity index (χ0) is 15.6. The van der Waals surface area contributed by atoms with Crippen LogP contribution in [-0.2, 0) is 0 Å². The fraction of sp³-hybridized carbons (Fsp3) is 0.571. The fourth-order valence-corrected chi connectivity index (χ4v) is 3.35. The van der Waals surface area contributed by atoms with Crippen molar-refractivity contribution in [1.29, 1.82) is 0 Å². The largest absolute Gasteiger partial charge is 0.394 e. The third kappa shape index (κ3) is 3.59. The van der Waals surface area contributed by atoms with Crippen LogP contribution in [0.15, 0.2) is 12.1 Å². The molecule has 1 aromatic rings. The Morgan fingerprint density at radius 3 is 2.71 bits per heavy atom. The summed E-state index contributed by atoms with van der Waals surface area (Å²) in [4.78, 5) is 10.7. The van der Waals surface area contributed by atoms with Crippen molar-refractivity contribution in [3.63, 3.8) is 0 Å². The maximum atomic E-state index is 11.2. The number of aliphatic hydroxyl groups excluding tert-OH is 1. The highest BCUT2D eigenvalue weighted by atomic mass is 35.5. The number of aliphatic hydroxyl groups is 1. The van der Waals surface area contributed by atoms with Gasteiger partial charge in [-0.3, -0.25) is 10.1 Å². The van der Waals surface area contributed by atoms with Gasteiger partial charge in [-0.2, -0.15) is 0 Å². The van der Waals surface area contributed by atoms with Gasteiger partial charge in [0.05, 0.1) is 27.1 Å². The molecular formula is C14H18Cl2N2O3. The van der Waals surface area contributed by atoms with Crippen LogP contribution in [0.4, 0.5) is 11.4 Å². The lowest BCUT2D eigenvalue weighted by Crippen LogP contribution is -2.46. The zero-order valence-corrected chi connectivity index (χ0v) is 13.2. The average Bonchev–Trinajstić information content (AvgIpc) is 2.42. The predicted molar refractivity (Wildman–Crippen MR) is 84.2 cm³/mol. The van der Waals surface area contributed by atoms with Crippen molar-refractivity contribution in [1.82, 2.24) is 0 Å². The van der Waals surface area contributed by atoms with Crippen molar-refractivity contribution in [2.75, 3.05) is 11.9 Å². The van der Waals surface area contributed by atoms with E-state index in [2.05, 4.69) is 12.2 Å². The number of hydrogen-bond donors (Lipinski definition) is 2. The third-order valence-corrected chi connectivity index (χ3v) is 4.75. The van der Waals surface area contributed by atoms with Gasteiger partial charge in [-0.15, -0.1) is 0 Å². The molecule has 2 atom stereocenters. The summed E-state index contributed by atoms with van der Waals surface area (Å²) in [6, 6.07) is 2.70. The third-order valence-electron chi connectivity index (χ3n) is 4.03. The number of benzene rings is 1. The summed E-state index contributed by atoms with van der Waals surface area (Å²) in [5.74, 6) is 0.459. The topological polar surface area (TPSA) is 75.4 Å². The number of anilines is 1. The van der Waals surface area contributed by atoms with Gasteiger partial charge < -0.3 is 10.4 Å². The molecular weight excluding hydrogens is 315 g/mol. The van der Waals surface area contributed by atoms with E-state index < -0.39 is 10.5 Å². The first-order chi connectivity index (χ1) is 9.87. The van der Waals surface area contributed by atoms with Gasteiger partial charge in [-0.1, -0.05) is 43.0 Å². The predicted octanol–water partition coefficient (Wildman–Crippen LogP) is 4.25. The summed E-state index contributed by atoms with van der Waals surface area (Å²) in [6.07, 6.45) is 3.61. The summed E-state index contributed by atoms with van der Waals surface area (Å²) in [7, 11) is 0. The van der Waals surface area contributed by atoms with Crippen molar-refractivity contribution in [3.8, 4) is 0 Å². The van der Waals surface area contributed by atoms with Crippen molar-refractivity contribution in [2.24, 2.45) is 5.92 Å². The summed E-state index contributed by atoms with van der Waals surface area (Å²) in [5.41, 5.74) is -0.368. The van der Waals surface area contributed by atoms with Gasteiger partial charge in [0, 0.05) is 6.07 Å². The Morgan fingerprint density at radius 2 is 2.14 bits per heavy atom. The quantitative estimate of drug-likeness (QED) is 0.638. The van der Waals surface area contributed by atoms with Crippen LogP contribution in [0.1, 0.15) is 32.6 Å². The molecule has 1 saturated carbocycles. The van der Waals surface area contributed by atoms with Gasteiger partial charge in [0.2, 0.25) is 0 Å². The molecule has 1 aromatic carbocycles. The maximum Gasteiger partial charge on any atom is 0.293 e. The highest BCUT2D eigenvalue weighted by Gasteiger charge is 2.36. The second-order valence-electron chi connectivity index (χ2n) is 5.81. The Kier molecular flexibility index (Phi) is 4.96. The van der Waals surface area contributed by atoms with Crippen LogP contribution in [0.2, 0.25) is 10.0 Å². The summed E-state index contributed by atoms with van der Waals surface area (Å²) in [5, 5.41) is 24.5. The highest BCUT2D eigenvalue weighted by molar-refractivity contribution is 6.42. The molecule has 2 rings (SSSR count). The van der Waals surface area contributed by atoms with Gasteiger partial charge in [-0.25, -0.2) is 0 Å². The van der Waals surface area contributed by atoms with Crippen LogP contribution in [0.25, 0.3) is 0 Å². The summed E-state index contributed by atoms with van der Waals surface area (Å²) >= 11 is 11.8. The molecule has 21 heavy (non-hydrogen) atoms. The molecule has 0 amide bonds. The molecule has 0 saturated heterocycles. The number of hydrogen-bond acceptors (Lipinski definition) is 4. The minimum Gasteiger partial charge on any atom is -0.394 e. The normalized spacial score (nSPS) is 25.6. The SMILES string of the molecule is CC1CCCC(CO)(Nc2cc(Cl)c(Cl)cc2[N+](=O)[O-])C1. The molecule has 0 bridgehead atoms. The van der Waals surface area contributed by atoms with E-state index >= 15 is 0 Å². The number of rotatable bonds is 4. The van der Waals surface area contributed by atoms with Gasteiger partial charge in [0.1, 0.15) is 5.69 Å². The van der Waals surface area contributed by atoms with Gasteiger partial charge in [0.15, 0.2) is 0 Å². The lowest BCUT2D eigenvalue weighted by atomic mass is 9.76. The van der Waals surface area contributed by atoms with Crippen molar-refractivity contribution in [2.45, 2.75) is 38.1 Å². The van der Waals surface area contributed by atoms with Crippen LogP contribution < -0.4 is 5.32 Å². The second-order valence-corrected chi connectivity index (χ2v) is 6.62. The Labute approximate surface area is 133 Å². The smallest absolute Gasteiger partial charge is 0.293 e. The molecule has 0 aromatic heterocycles. The summed E-state index contributed by atoms with van der Waals surface area (Å²) in [6.45, 7) is 2.04. The molecule has 1 fully saturated rings. The van der Waals surface area contributed by atoms with Crippen LogP contribution in [0, 0.1) is 16.0 Å². The average molecular weight is 333 g/mol. The molecule has 1 aliphatic rings. The van der Waals surface area contributed by atoms with E-state index in [1.54, 1.807) is 0 Å². The van der Waals surface area contributed by atoms with Crippen LogP contribution in [0.3, 0.4) is 0 Å². The number of nitrogens with zero attached hydrogens (tertiary/aromatic N) is 1. The molecule has 0 radical (unpaired) electrons. The first kappa shape index (κ1) is 16.3. The van der Waals surface area contributed by atoms with Crippen LogP contribution >= 0.6 is 23.2 Å². The van der Waals surface area contributed by atoms with Crippen molar-refractivity contribution >= 4 is 34.6 Å². The molecule has 0 heterocycles. The Hall–Kier alpha value is -1.04. The van der Waals surface area contributed by atoms with Gasteiger partial charge in [-0.05, 0) is 24.8 Å². The van der Waals surface area contributed by atoms with Crippen LogP contribution in [-0.4, -0.2) is 22.2 Å². The van der Waals surface area contributed by atoms with E-state index in [0.29, 0.717) is 11.6 Å². The number of halogens is 2. The van der Waals surface area contributed by atoms with Crippen molar-refractivity contribution in [3.05, 3.63) is 32.3 Å². The lowest BCUT2D eigenvalue weighted by Gasteiger charge is -2.40. The first-order valence-corrected chi connectivity index (χ1v) is 7.65. The molecule has 0 aliphatic heterocycles. The molecule has 116 valence electrons. The van der Waals surface area contributed by atoms with E-state index in [4.69, 9.17) is 23.2 Å². The van der Waals surface area contributed by atoms with Gasteiger partial charge >= 0.3 is 0 Å². The van der Waals surface area contributed by atoms with E-state index in [9.17, 15) is 15.2 Å².